The molecule has 5 nitrogen and oxygen atoms in total. The summed E-state index contributed by atoms with van der Waals surface area (Å²) < 4.78 is 4.95. The van der Waals surface area contributed by atoms with Gasteiger partial charge in [-0.1, -0.05) is 13.8 Å². The number of likely N-dealkylation sites (tertiary alicyclic amines) is 1. The van der Waals surface area contributed by atoms with Crippen molar-refractivity contribution < 1.29 is 14.0 Å². The summed E-state index contributed by atoms with van der Waals surface area (Å²) in [4.78, 5) is 25.6. The van der Waals surface area contributed by atoms with Crippen LogP contribution >= 0.6 is 0 Å². The van der Waals surface area contributed by atoms with Gasteiger partial charge in [0.1, 0.15) is 6.26 Å². The lowest BCUT2D eigenvalue weighted by molar-refractivity contribution is -0.122. The molecule has 0 bridgehead atoms. The number of carbonyl (C=O) groups is 2. The highest BCUT2D eigenvalue weighted by molar-refractivity contribution is 5.93. The van der Waals surface area contributed by atoms with Crippen LogP contribution in [-0.4, -0.2) is 36.3 Å². The number of amides is 2. The van der Waals surface area contributed by atoms with Gasteiger partial charge in [0.25, 0.3) is 5.91 Å². The van der Waals surface area contributed by atoms with Gasteiger partial charge in [0.2, 0.25) is 5.91 Å². The van der Waals surface area contributed by atoms with Gasteiger partial charge in [0.15, 0.2) is 0 Å². The summed E-state index contributed by atoms with van der Waals surface area (Å²) in [6.07, 6.45) is 5.46. The van der Waals surface area contributed by atoms with Gasteiger partial charge < -0.3 is 14.6 Å². The Bertz CT molecular complexity index is 460. The van der Waals surface area contributed by atoms with Gasteiger partial charge in [-0.3, -0.25) is 9.59 Å². The van der Waals surface area contributed by atoms with Crippen molar-refractivity contribution in [1.29, 1.82) is 0 Å². The number of piperidine rings is 1. The summed E-state index contributed by atoms with van der Waals surface area (Å²) in [7, 11) is 0. The molecular weight excluding hydrogens is 268 g/mol. The first kappa shape index (κ1) is 15.6. The Kier molecular flexibility index (Phi) is 5.42. The predicted molar refractivity (Wildman–Crippen MR) is 79.8 cm³/mol. The highest BCUT2D eigenvalue weighted by atomic mass is 16.3. The highest BCUT2D eigenvalue weighted by Crippen LogP contribution is 2.18. The summed E-state index contributed by atoms with van der Waals surface area (Å²) in [6, 6.07) is 1.69. The third kappa shape index (κ3) is 4.62. The zero-order valence-corrected chi connectivity index (χ0v) is 12.8. The maximum atomic E-state index is 12.2. The van der Waals surface area contributed by atoms with E-state index in [1.54, 1.807) is 6.07 Å². The van der Waals surface area contributed by atoms with Crippen molar-refractivity contribution in [2.24, 2.45) is 11.8 Å². The minimum absolute atomic E-state index is 0.0334. The van der Waals surface area contributed by atoms with Crippen molar-refractivity contribution in [2.45, 2.75) is 33.1 Å². The summed E-state index contributed by atoms with van der Waals surface area (Å²) in [5.41, 5.74) is 0.610. The molecule has 116 valence electrons. The normalized spacial score (nSPS) is 16.2. The van der Waals surface area contributed by atoms with Gasteiger partial charge in [-0.15, -0.1) is 0 Å². The summed E-state index contributed by atoms with van der Waals surface area (Å²) in [6.45, 7) is 6.29. The van der Waals surface area contributed by atoms with Gasteiger partial charge in [-0.2, -0.15) is 0 Å². The summed E-state index contributed by atoms with van der Waals surface area (Å²) in [5, 5.41) is 3.00. The van der Waals surface area contributed by atoms with Crippen LogP contribution in [0.4, 0.5) is 0 Å². The molecule has 0 aromatic carbocycles. The van der Waals surface area contributed by atoms with E-state index in [9.17, 15) is 9.59 Å². The quantitative estimate of drug-likeness (QED) is 0.905. The Balaban J connectivity index is 1.71. The molecule has 1 aliphatic rings. The molecule has 1 N–H and O–H groups in total. The van der Waals surface area contributed by atoms with Crippen LogP contribution in [-0.2, 0) is 4.79 Å². The van der Waals surface area contributed by atoms with Crippen molar-refractivity contribution in [3.05, 3.63) is 24.2 Å². The molecule has 0 unspecified atom stereocenters. The van der Waals surface area contributed by atoms with E-state index in [4.69, 9.17) is 4.42 Å². The fraction of sp³-hybridized carbons (Fsp3) is 0.625. The smallest absolute Gasteiger partial charge is 0.257 e. The number of hydrogen-bond donors (Lipinski definition) is 1. The van der Waals surface area contributed by atoms with Crippen LogP contribution in [0.25, 0.3) is 0 Å². The third-order valence-electron chi connectivity index (χ3n) is 3.85. The van der Waals surface area contributed by atoms with Crippen LogP contribution in [0.3, 0.4) is 0 Å². The second-order valence-electron chi connectivity index (χ2n) is 6.15. The minimum Gasteiger partial charge on any atom is -0.472 e. The van der Waals surface area contributed by atoms with Gasteiger partial charge in [-0.05, 0) is 30.7 Å². The largest absolute Gasteiger partial charge is 0.472 e. The van der Waals surface area contributed by atoms with E-state index < -0.39 is 0 Å². The van der Waals surface area contributed by atoms with Crippen LogP contribution in [0.5, 0.6) is 0 Å². The summed E-state index contributed by atoms with van der Waals surface area (Å²) >= 11 is 0. The van der Waals surface area contributed by atoms with Gasteiger partial charge >= 0.3 is 0 Å². The number of carbonyl (C=O) groups excluding carboxylic acids is 2. The maximum Gasteiger partial charge on any atom is 0.257 e. The molecule has 2 rings (SSSR count). The fourth-order valence-corrected chi connectivity index (χ4v) is 2.61. The number of hydrogen-bond acceptors (Lipinski definition) is 3. The molecule has 21 heavy (non-hydrogen) atoms. The first-order valence-corrected chi connectivity index (χ1v) is 7.64. The molecule has 1 aromatic heterocycles. The topological polar surface area (TPSA) is 62.6 Å². The Hall–Kier alpha value is -1.78. The van der Waals surface area contributed by atoms with E-state index in [1.165, 1.54) is 12.5 Å². The second-order valence-corrected chi connectivity index (χ2v) is 6.15. The Labute approximate surface area is 125 Å². The molecule has 0 spiro atoms. The number of rotatable bonds is 5. The average molecular weight is 292 g/mol. The third-order valence-corrected chi connectivity index (χ3v) is 3.85. The van der Waals surface area contributed by atoms with E-state index in [1.807, 2.05) is 18.7 Å². The molecule has 0 saturated carbocycles. The monoisotopic (exact) mass is 292 g/mol. The molecular formula is C16H24N2O3. The molecule has 0 aliphatic carbocycles. The first-order chi connectivity index (χ1) is 10.1. The minimum atomic E-state index is 0.0334. The molecule has 1 aliphatic heterocycles. The molecule has 5 heteroatoms. The highest BCUT2D eigenvalue weighted by Gasteiger charge is 2.24. The van der Waals surface area contributed by atoms with Crippen molar-refractivity contribution in [3.8, 4) is 0 Å². The number of nitrogens with one attached hydrogen (secondary N) is 1. The fourth-order valence-electron chi connectivity index (χ4n) is 2.61. The number of furan rings is 1. The Morgan fingerprint density at radius 1 is 1.38 bits per heavy atom. The van der Waals surface area contributed by atoms with Crippen LogP contribution < -0.4 is 5.32 Å². The van der Waals surface area contributed by atoms with E-state index in [0.29, 0.717) is 23.8 Å². The lowest BCUT2D eigenvalue weighted by Crippen LogP contribution is -2.41. The van der Waals surface area contributed by atoms with E-state index in [2.05, 4.69) is 5.32 Å². The van der Waals surface area contributed by atoms with Crippen LogP contribution in [0, 0.1) is 11.8 Å². The zero-order chi connectivity index (χ0) is 15.2. The van der Waals surface area contributed by atoms with Crippen molar-refractivity contribution >= 4 is 11.8 Å². The van der Waals surface area contributed by atoms with Gasteiger partial charge in [0, 0.05) is 26.1 Å². The van der Waals surface area contributed by atoms with E-state index in [0.717, 1.165) is 32.5 Å². The van der Waals surface area contributed by atoms with Crippen molar-refractivity contribution in [3.63, 3.8) is 0 Å². The lowest BCUT2D eigenvalue weighted by Gasteiger charge is -2.31. The predicted octanol–water partition coefficient (Wildman–Crippen LogP) is 2.29. The first-order valence-electron chi connectivity index (χ1n) is 7.64. The lowest BCUT2D eigenvalue weighted by atomic mass is 9.96. The molecule has 2 heterocycles. The van der Waals surface area contributed by atoms with Crippen LogP contribution in [0.15, 0.2) is 23.0 Å². The SMILES string of the molecule is CC(C)CC(=O)NCC1CCN(C(=O)c2ccoc2)CC1. The molecule has 2 amide bonds. The van der Waals surface area contributed by atoms with Crippen LogP contribution in [0.2, 0.25) is 0 Å². The summed E-state index contributed by atoms with van der Waals surface area (Å²) in [5.74, 6) is 1.02. The molecule has 0 atom stereocenters. The molecule has 1 aromatic rings. The maximum absolute atomic E-state index is 12.2. The number of nitrogens with zero attached hydrogens (tertiary/aromatic N) is 1. The van der Waals surface area contributed by atoms with E-state index in [-0.39, 0.29) is 11.8 Å². The van der Waals surface area contributed by atoms with E-state index >= 15 is 0 Å². The zero-order valence-electron chi connectivity index (χ0n) is 12.8. The Morgan fingerprint density at radius 2 is 2.10 bits per heavy atom. The van der Waals surface area contributed by atoms with Gasteiger partial charge in [-0.25, -0.2) is 0 Å². The average Bonchev–Trinajstić information content (AvgIpc) is 2.98. The second kappa shape index (κ2) is 7.29. The van der Waals surface area contributed by atoms with Crippen molar-refractivity contribution in [1.82, 2.24) is 10.2 Å². The Morgan fingerprint density at radius 3 is 2.67 bits per heavy atom. The van der Waals surface area contributed by atoms with Crippen LogP contribution in [0.1, 0.15) is 43.5 Å². The van der Waals surface area contributed by atoms with Crippen molar-refractivity contribution in [2.75, 3.05) is 19.6 Å². The molecule has 1 saturated heterocycles. The standard InChI is InChI=1S/C16H24N2O3/c1-12(2)9-15(19)17-10-13-3-6-18(7-4-13)16(20)14-5-8-21-11-14/h5,8,11-13H,3-4,6-7,9-10H2,1-2H3,(H,17,19). The molecule has 0 radical (unpaired) electrons. The molecule has 1 fully saturated rings. The van der Waals surface area contributed by atoms with Gasteiger partial charge in [0.05, 0.1) is 11.8 Å².